The molecule has 1 aliphatic heterocycles. The average Bonchev–Trinajstić information content (AvgIpc) is 3.07. The largest absolute Gasteiger partial charge is 0.488 e. The van der Waals surface area contributed by atoms with Crippen molar-refractivity contribution in [1.82, 2.24) is 4.90 Å². The number of hydrogen-bond donors (Lipinski definition) is 0. The molecule has 0 aliphatic carbocycles. The number of aryl methyl sites for hydroxylation is 1. The zero-order chi connectivity index (χ0) is 23.4. The Morgan fingerprint density at radius 2 is 1.91 bits per heavy atom. The maximum atomic E-state index is 13.1. The van der Waals surface area contributed by atoms with Gasteiger partial charge in [-0.2, -0.15) is 5.26 Å². The Morgan fingerprint density at radius 1 is 1.15 bits per heavy atom. The second-order valence-electron chi connectivity index (χ2n) is 7.49. The van der Waals surface area contributed by atoms with Gasteiger partial charge in [0.15, 0.2) is 0 Å². The van der Waals surface area contributed by atoms with Gasteiger partial charge in [0.1, 0.15) is 16.7 Å². The Kier molecular flexibility index (Phi) is 7.29. The van der Waals surface area contributed by atoms with E-state index in [1.54, 1.807) is 11.0 Å². The smallest absolute Gasteiger partial charge is 0.266 e. The third kappa shape index (κ3) is 5.53. The normalized spacial score (nSPS) is 14.6. The van der Waals surface area contributed by atoms with E-state index in [0.717, 1.165) is 21.2 Å². The lowest BCUT2D eigenvalue weighted by Gasteiger charge is -2.14. The summed E-state index contributed by atoms with van der Waals surface area (Å²) in [5.41, 5.74) is 4.34. The van der Waals surface area contributed by atoms with Crippen LogP contribution in [0.5, 0.6) is 5.75 Å². The molecule has 0 atom stereocenters. The lowest BCUT2D eigenvalue weighted by molar-refractivity contribution is -0.122. The monoisotopic (exact) mass is 534 g/mol. The van der Waals surface area contributed by atoms with Crippen molar-refractivity contribution in [2.75, 3.05) is 0 Å². The summed E-state index contributed by atoms with van der Waals surface area (Å²) in [4.78, 5) is 15.3. The molecule has 0 unspecified atom stereocenters. The molecule has 1 saturated heterocycles. The molecule has 4 nitrogen and oxygen atoms in total. The fourth-order valence-electron chi connectivity index (χ4n) is 3.33. The summed E-state index contributed by atoms with van der Waals surface area (Å²) in [6, 6.07) is 23.2. The predicted molar refractivity (Wildman–Crippen MR) is 140 cm³/mol. The van der Waals surface area contributed by atoms with Gasteiger partial charge in [0.2, 0.25) is 0 Å². The molecule has 1 aliphatic rings. The number of nitriles is 1. The molecular formula is C26H19BrN2O2S2. The third-order valence-corrected chi connectivity index (χ3v) is 6.99. The highest BCUT2D eigenvalue weighted by molar-refractivity contribution is 9.10. The number of nitrogens with zero attached hydrogens (tertiary/aromatic N) is 2. The molecular weight excluding hydrogens is 516 g/mol. The van der Waals surface area contributed by atoms with Gasteiger partial charge in [-0.1, -0.05) is 87.9 Å². The van der Waals surface area contributed by atoms with Gasteiger partial charge in [0.05, 0.1) is 23.1 Å². The fourth-order valence-corrected chi connectivity index (χ4v) is 4.95. The van der Waals surface area contributed by atoms with Crippen LogP contribution in [0.3, 0.4) is 0 Å². The zero-order valence-electron chi connectivity index (χ0n) is 17.7. The fraction of sp³-hybridized carbons (Fsp3) is 0.115. The third-order valence-electron chi connectivity index (χ3n) is 5.11. The summed E-state index contributed by atoms with van der Waals surface area (Å²) in [6.45, 7) is 2.72. The standard InChI is InChI=1S/C26H19BrN2O2S2/c1-17-6-8-18(9-7-17)15-29-25(30)24(33-26(29)32)13-21-12-22(27)10-11-23(21)31-16-20-5-3-2-4-19(20)14-28/h2-13H,15-16H2,1H3/b24-13-. The Morgan fingerprint density at radius 3 is 2.67 bits per heavy atom. The Hall–Kier alpha value is -2.92. The summed E-state index contributed by atoms with van der Waals surface area (Å²) >= 11 is 10.3. The van der Waals surface area contributed by atoms with Crippen LogP contribution in [0.2, 0.25) is 0 Å². The molecule has 0 N–H and O–H groups in total. The maximum Gasteiger partial charge on any atom is 0.266 e. The van der Waals surface area contributed by atoms with E-state index in [2.05, 4.69) is 22.0 Å². The topological polar surface area (TPSA) is 53.3 Å². The van der Waals surface area contributed by atoms with Crippen molar-refractivity contribution in [3.8, 4) is 11.8 Å². The van der Waals surface area contributed by atoms with E-state index < -0.39 is 0 Å². The first-order chi connectivity index (χ1) is 15.9. The van der Waals surface area contributed by atoms with Gasteiger partial charge >= 0.3 is 0 Å². The van der Waals surface area contributed by atoms with Crippen LogP contribution < -0.4 is 4.74 Å². The number of carbonyl (C=O) groups is 1. The van der Waals surface area contributed by atoms with E-state index in [1.807, 2.05) is 73.7 Å². The molecule has 1 heterocycles. The second kappa shape index (κ2) is 10.3. The molecule has 0 radical (unpaired) electrons. The Bertz CT molecular complexity index is 1300. The molecule has 0 aromatic heterocycles. The highest BCUT2D eigenvalue weighted by Gasteiger charge is 2.32. The minimum absolute atomic E-state index is 0.119. The van der Waals surface area contributed by atoms with E-state index in [1.165, 1.54) is 17.3 Å². The van der Waals surface area contributed by atoms with Crippen molar-refractivity contribution < 1.29 is 9.53 Å². The van der Waals surface area contributed by atoms with E-state index >= 15 is 0 Å². The predicted octanol–water partition coefficient (Wildman–Crippen LogP) is 6.61. The summed E-state index contributed by atoms with van der Waals surface area (Å²) in [6.07, 6.45) is 1.81. The van der Waals surface area contributed by atoms with Crippen molar-refractivity contribution >= 4 is 56.2 Å². The number of benzene rings is 3. The van der Waals surface area contributed by atoms with Crippen LogP contribution in [0.25, 0.3) is 6.08 Å². The minimum Gasteiger partial charge on any atom is -0.488 e. The second-order valence-corrected chi connectivity index (χ2v) is 10.1. The molecule has 0 spiro atoms. The molecule has 3 aromatic rings. The van der Waals surface area contributed by atoms with Crippen LogP contribution in [0.4, 0.5) is 0 Å². The lowest BCUT2D eigenvalue weighted by Crippen LogP contribution is -2.27. The molecule has 0 bridgehead atoms. The lowest BCUT2D eigenvalue weighted by atomic mass is 10.1. The van der Waals surface area contributed by atoms with Crippen molar-refractivity contribution in [1.29, 1.82) is 5.26 Å². The molecule has 33 heavy (non-hydrogen) atoms. The van der Waals surface area contributed by atoms with Crippen LogP contribution in [0.1, 0.15) is 27.8 Å². The number of carbonyl (C=O) groups excluding carboxylic acids is 1. The van der Waals surface area contributed by atoms with Gasteiger partial charge in [-0.3, -0.25) is 9.69 Å². The van der Waals surface area contributed by atoms with Gasteiger partial charge in [-0.05, 0) is 42.8 Å². The molecule has 7 heteroatoms. The molecule has 1 fully saturated rings. The van der Waals surface area contributed by atoms with Gasteiger partial charge in [-0.15, -0.1) is 0 Å². The number of halogens is 1. The van der Waals surface area contributed by atoms with Gasteiger partial charge < -0.3 is 4.74 Å². The highest BCUT2D eigenvalue weighted by atomic mass is 79.9. The quantitative estimate of drug-likeness (QED) is 0.263. The first kappa shape index (κ1) is 23.2. The van der Waals surface area contributed by atoms with Crippen molar-refractivity contribution in [3.05, 3.63) is 104 Å². The minimum atomic E-state index is -0.119. The molecule has 3 aromatic carbocycles. The SMILES string of the molecule is Cc1ccc(CN2C(=O)/C(=C/c3cc(Br)ccc3OCc3ccccc3C#N)SC2=S)cc1. The van der Waals surface area contributed by atoms with Gasteiger partial charge in [-0.25, -0.2) is 0 Å². The summed E-state index contributed by atoms with van der Waals surface area (Å²) in [5.74, 6) is 0.501. The number of hydrogen-bond acceptors (Lipinski definition) is 5. The van der Waals surface area contributed by atoms with E-state index in [-0.39, 0.29) is 12.5 Å². The Labute approximate surface area is 211 Å². The summed E-state index contributed by atoms with van der Waals surface area (Å²) < 4.78 is 7.45. The number of ether oxygens (including phenoxy) is 1. The Balaban J connectivity index is 1.56. The van der Waals surface area contributed by atoms with Crippen molar-refractivity contribution in [2.24, 2.45) is 0 Å². The number of amides is 1. The van der Waals surface area contributed by atoms with E-state index in [0.29, 0.717) is 27.1 Å². The van der Waals surface area contributed by atoms with Crippen molar-refractivity contribution in [3.63, 3.8) is 0 Å². The van der Waals surface area contributed by atoms with E-state index in [9.17, 15) is 10.1 Å². The zero-order valence-corrected chi connectivity index (χ0v) is 21.0. The summed E-state index contributed by atoms with van der Waals surface area (Å²) in [7, 11) is 0. The molecule has 0 saturated carbocycles. The van der Waals surface area contributed by atoms with Crippen LogP contribution in [-0.4, -0.2) is 15.1 Å². The van der Waals surface area contributed by atoms with Crippen LogP contribution >= 0.6 is 39.9 Å². The molecule has 1 amide bonds. The maximum absolute atomic E-state index is 13.1. The average molecular weight is 535 g/mol. The molecule has 4 rings (SSSR count). The van der Waals surface area contributed by atoms with Gasteiger partial charge in [0, 0.05) is 15.6 Å². The first-order valence-corrected chi connectivity index (χ1v) is 12.2. The van der Waals surface area contributed by atoms with Crippen molar-refractivity contribution in [2.45, 2.75) is 20.1 Å². The number of thiocarbonyl (C=S) groups is 1. The van der Waals surface area contributed by atoms with Crippen LogP contribution in [-0.2, 0) is 17.9 Å². The highest BCUT2D eigenvalue weighted by Crippen LogP contribution is 2.36. The van der Waals surface area contributed by atoms with E-state index in [4.69, 9.17) is 17.0 Å². The first-order valence-electron chi connectivity index (χ1n) is 10.2. The number of thioether (sulfide) groups is 1. The summed E-state index contributed by atoms with van der Waals surface area (Å²) in [5, 5.41) is 9.32. The van der Waals surface area contributed by atoms with Crippen LogP contribution in [0, 0.1) is 18.3 Å². The van der Waals surface area contributed by atoms with Gasteiger partial charge in [0.25, 0.3) is 5.91 Å². The number of rotatable bonds is 6. The molecule has 164 valence electrons. The van der Waals surface area contributed by atoms with Crippen LogP contribution in [0.15, 0.2) is 76.1 Å².